The van der Waals surface area contributed by atoms with Gasteiger partial charge in [0.1, 0.15) is 18.0 Å². The van der Waals surface area contributed by atoms with Crippen LogP contribution in [-0.2, 0) is 24.2 Å². The molecule has 0 saturated carbocycles. The van der Waals surface area contributed by atoms with Gasteiger partial charge in [-0.25, -0.2) is 14.4 Å². The van der Waals surface area contributed by atoms with Crippen LogP contribution < -0.4 is 10.2 Å². The van der Waals surface area contributed by atoms with Crippen LogP contribution in [0, 0.1) is 11.2 Å². The fraction of sp³-hybridized carbons (Fsp3) is 0.361. The van der Waals surface area contributed by atoms with Crippen LogP contribution in [0.3, 0.4) is 0 Å². The summed E-state index contributed by atoms with van der Waals surface area (Å²) < 4.78 is 14.6. The smallest absolute Gasteiger partial charge is 0.228 e. The van der Waals surface area contributed by atoms with Crippen molar-refractivity contribution < 1.29 is 9.18 Å². The molecule has 4 heterocycles. The lowest BCUT2D eigenvalue weighted by atomic mass is 9.86. The summed E-state index contributed by atoms with van der Waals surface area (Å²) in [5.74, 6) is 1.18. The van der Waals surface area contributed by atoms with Gasteiger partial charge >= 0.3 is 0 Å². The van der Waals surface area contributed by atoms with Crippen molar-refractivity contribution in [2.75, 3.05) is 36.4 Å². The van der Waals surface area contributed by atoms with E-state index >= 15 is 0 Å². The van der Waals surface area contributed by atoms with Gasteiger partial charge in [0, 0.05) is 55.5 Å². The van der Waals surface area contributed by atoms with E-state index in [0.29, 0.717) is 18.8 Å². The number of likely N-dealkylation sites (tertiary alicyclic amines) is 1. The average Bonchev–Trinajstić information content (AvgIpc) is 3.71. The molecule has 3 aliphatic heterocycles. The van der Waals surface area contributed by atoms with Gasteiger partial charge in [-0.05, 0) is 76.9 Å². The summed E-state index contributed by atoms with van der Waals surface area (Å²) in [7, 11) is 0. The molecule has 220 valence electrons. The van der Waals surface area contributed by atoms with Gasteiger partial charge in [0.05, 0.1) is 6.42 Å². The van der Waals surface area contributed by atoms with E-state index in [2.05, 4.69) is 70.3 Å². The van der Waals surface area contributed by atoms with Crippen molar-refractivity contribution in [3.63, 3.8) is 0 Å². The van der Waals surface area contributed by atoms with Crippen molar-refractivity contribution in [2.45, 2.75) is 52.0 Å². The Balaban J connectivity index is 1.09. The van der Waals surface area contributed by atoms with E-state index in [1.807, 2.05) is 18.3 Å². The summed E-state index contributed by atoms with van der Waals surface area (Å²) in [5, 5.41) is 2.99. The van der Waals surface area contributed by atoms with Crippen molar-refractivity contribution in [3.05, 3.63) is 107 Å². The number of nitrogens with one attached hydrogen (secondary N) is 1. The number of fused-ring (bicyclic) bond motifs is 1. The molecule has 7 rings (SSSR count). The molecule has 3 aromatic carbocycles. The second-order valence-corrected chi connectivity index (χ2v) is 12.9. The Bertz CT molecular complexity index is 1690. The topological polar surface area (TPSA) is 61.4 Å². The number of aromatic nitrogens is 2. The molecular formula is C36H38FN5O. The number of hydrogen-bond acceptors (Lipinski definition) is 5. The molecule has 1 atom stereocenters. The van der Waals surface area contributed by atoms with Gasteiger partial charge in [-0.2, -0.15) is 0 Å². The van der Waals surface area contributed by atoms with Crippen LogP contribution in [0.25, 0.3) is 11.1 Å². The third kappa shape index (κ3) is 5.54. The molecule has 2 fully saturated rings. The predicted molar refractivity (Wildman–Crippen MR) is 169 cm³/mol. The molecule has 6 nitrogen and oxygen atoms in total. The van der Waals surface area contributed by atoms with Gasteiger partial charge in [0.15, 0.2) is 0 Å². The van der Waals surface area contributed by atoms with Crippen LogP contribution in [-0.4, -0.2) is 47.0 Å². The van der Waals surface area contributed by atoms with Gasteiger partial charge in [-0.1, -0.05) is 56.3 Å². The number of anilines is 2. The lowest BCUT2D eigenvalue weighted by Crippen LogP contribution is -2.31. The van der Waals surface area contributed by atoms with Crippen LogP contribution in [0.15, 0.2) is 73.2 Å². The van der Waals surface area contributed by atoms with E-state index in [4.69, 9.17) is 4.98 Å². The first-order valence-corrected chi connectivity index (χ1v) is 15.4. The monoisotopic (exact) mass is 575 g/mol. The zero-order valence-electron chi connectivity index (χ0n) is 24.9. The largest absolute Gasteiger partial charge is 0.356 e. The highest BCUT2D eigenvalue weighted by molar-refractivity contribution is 5.99. The summed E-state index contributed by atoms with van der Waals surface area (Å²) in [6, 6.07) is 19.9. The van der Waals surface area contributed by atoms with E-state index < -0.39 is 0 Å². The Morgan fingerprint density at radius 3 is 2.72 bits per heavy atom. The highest BCUT2D eigenvalue weighted by Crippen LogP contribution is 2.42. The van der Waals surface area contributed by atoms with E-state index in [1.54, 1.807) is 18.5 Å². The predicted octanol–water partition coefficient (Wildman–Crippen LogP) is 6.59. The number of amides is 1. The van der Waals surface area contributed by atoms with Crippen molar-refractivity contribution in [1.29, 1.82) is 0 Å². The molecule has 0 radical (unpaired) electrons. The SMILES string of the molecule is CC(C)c1ccccc1-c1cc(F)ccc1Cc1cncnc1N1CCC2(CCN(Cc3ccc4c(c3)NC(=O)C4)C2)C1. The van der Waals surface area contributed by atoms with Crippen LogP contribution in [0.1, 0.15) is 60.4 Å². The Hall–Kier alpha value is -4.10. The summed E-state index contributed by atoms with van der Waals surface area (Å²) in [4.78, 5) is 26.0. The molecular weight excluding hydrogens is 537 g/mol. The molecule has 0 aliphatic carbocycles. The molecule has 4 aromatic rings. The quantitative estimate of drug-likeness (QED) is 0.269. The molecule has 2 saturated heterocycles. The third-order valence-electron chi connectivity index (χ3n) is 9.55. The van der Waals surface area contributed by atoms with Crippen LogP contribution in [0.4, 0.5) is 15.9 Å². The molecule has 1 N–H and O–H groups in total. The lowest BCUT2D eigenvalue weighted by molar-refractivity contribution is -0.115. The van der Waals surface area contributed by atoms with Crippen LogP contribution >= 0.6 is 0 Å². The fourth-order valence-corrected chi connectivity index (χ4v) is 7.40. The van der Waals surface area contributed by atoms with Crippen LogP contribution in [0.5, 0.6) is 0 Å². The minimum atomic E-state index is -0.223. The summed E-state index contributed by atoms with van der Waals surface area (Å²) in [6.45, 7) is 9.33. The van der Waals surface area contributed by atoms with E-state index in [0.717, 1.165) is 78.5 Å². The van der Waals surface area contributed by atoms with Gasteiger partial charge < -0.3 is 10.2 Å². The van der Waals surface area contributed by atoms with Gasteiger partial charge in [0.2, 0.25) is 5.91 Å². The van der Waals surface area contributed by atoms with Crippen molar-refractivity contribution in [3.8, 4) is 11.1 Å². The third-order valence-corrected chi connectivity index (χ3v) is 9.55. The summed E-state index contributed by atoms with van der Waals surface area (Å²) >= 11 is 0. The Labute approximate surface area is 253 Å². The number of halogens is 1. The molecule has 7 heteroatoms. The first-order valence-electron chi connectivity index (χ1n) is 15.4. The van der Waals surface area contributed by atoms with Crippen molar-refractivity contribution in [1.82, 2.24) is 14.9 Å². The molecule has 1 unspecified atom stereocenters. The maximum absolute atomic E-state index is 14.6. The molecule has 0 bridgehead atoms. The number of hydrogen-bond donors (Lipinski definition) is 1. The second kappa shape index (κ2) is 11.2. The zero-order chi connectivity index (χ0) is 29.6. The summed E-state index contributed by atoms with van der Waals surface area (Å²) in [6.07, 6.45) is 7.01. The maximum Gasteiger partial charge on any atom is 0.228 e. The zero-order valence-corrected chi connectivity index (χ0v) is 24.9. The molecule has 1 aromatic heterocycles. The number of carbonyl (C=O) groups excluding carboxylic acids is 1. The number of nitrogens with zero attached hydrogens (tertiary/aromatic N) is 4. The molecule has 1 spiro atoms. The Morgan fingerprint density at radius 1 is 0.977 bits per heavy atom. The summed E-state index contributed by atoms with van der Waals surface area (Å²) in [5.41, 5.74) is 8.95. The lowest BCUT2D eigenvalue weighted by Gasteiger charge is -2.26. The normalized spacial score (nSPS) is 19.9. The van der Waals surface area contributed by atoms with Gasteiger partial charge in [0.25, 0.3) is 0 Å². The minimum absolute atomic E-state index is 0.0819. The highest BCUT2D eigenvalue weighted by atomic mass is 19.1. The first-order chi connectivity index (χ1) is 20.9. The van der Waals surface area contributed by atoms with Gasteiger partial charge in [-0.3, -0.25) is 9.69 Å². The molecule has 43 heavy (non-hydrogen) atoms. The second-order valence-electron chi connectivity index (χ2n) is 12.9. The van der Waals surface area contributed by atoms with Gasteiger partial charge in [-0.15, -0.1) is 0 Å². The molecule has 3 aliphatic rings. The average molecular weight is 576 g/mol. The Morgan fingerprint density at radius 2 is 1.84 bits per heavy atom. The van der Waals surface area contributed by atoms with Crippen LogP contribution in [0.2, 0.25) is 0 Å². The fourth-order valence-electron chi connectivity index (χ4n) is 7.40. The Kier molecular flexibility index (Phi) is 7.21. The molecule has 1 amide bonds. The van der Waals surface area contributed by atoms with Crippen molar-refractivity contribution >= 4 is 17.4 Å². The number of benzene rings is 3. The number of rotatable bonds is 7. The minimum Gasteiger partial charge on any atom is -0.356 e. The van der Waals surface area contributed by atoms with E-state index in [-0.39, 0.29) is 17.1 Å². The van der Waals surface area contributed by atoms with E-state index in [9.17, 15) is 9.18 Å². The number of carbonyl (C=O) groups is 1. The highest BCUT2D eigenvalue weighted by Gasteiger charge is 2.44. The maximum atomic E-state index is 14.6. The first kappa shape index (κ1) is 27.7. The standard InChI is InChI=1S/C36H38FN5O/c1-24(2)30-5-3-4-6-31(30)32-18-29(37)10-9-26(32)16-28-19-38-23-39-35(28)42-14-12-36(22-42)11-13-41(21-36)20-25-7-8-27-17-34(43)40-33(27)15-25/h3-10,15,18-19,23-24H,11-14,16-17,20-22H2,1-2H3,(H,40,43). The van der Waals surface area contributed by atoms with Crippen molar-refractivity contribution in [2.24, 2.45) is 5.41 Å². The van der Waals surface area contributed by atoms with E-state index in [1.165, 1.54) is 17.5 Å².